The average molecular weight is 256 g/mol. The van der Waals surface area contributed by atoms with Crippen LogP contribution >= 0.6 is 0 Å². The molecule has 4 fully saturated rings. The fourth-order valence-corrected chi connectivity index (χ4v) is 4.62. The van der Waals surface area contributed by atoms with E-state index >= 15 is 0 Å². The van der Waals surface area contributed by atoms with Crippen LogP contribution in [0.1, 0.15) is 33.6 Å². The molecule has 0 aromatic heterocycles. The molecule has 0 unspecified atom stereocenters. The van der Waals surface area contributed by atoms with Crippen molar-refractivity contribution in [2.45, 2.75) is 45.3 Å². The van der Waals surface area contributed by atoms with E-state index in [4.69, 9.17) is 9.31 Å². The van der Waals surface area contributed by atoms with Crippen molar-refractivity contribution in [3.63, 3.8) is 0 Å². The van der Waals surface area contributed by atoms with Gasteiger partial charge in [0.1, 0.15) is 0 Å². The Balaban J connectivity index is 1.64. The molecule has 5 rings (SSSR count). The summed E-state index contributed by atoms with van der Waals surface area (Å²) in [4.78, 5) is 0. The van der Waals surface area contributed by atoms with Crippen LogP contribution in [0.25, 0.3) is 0 Å². The van der Waals surface area contributed by atoms with Crippen LogP contribution in [0.2, 0.25) is 0 Å². The Morgan fingerprint density at radius 3 is 2.53 bits per heavy atom. The molecule has 2 bridgehead atoms. The first-order valence-corrected chi connectivity index (χ1v) is 7.40. The molecule has 4 aliphatic rings. The minimum absolute atomic E-state index is 0.0985. The Morgan fingerprint density at radius 2 is 1.84 bits per heavy atom. The van der Waals surface area contributed by atoms with E-state index in [0.717, 1.165) is 17.8 Å². The summed E-state index contributed by atoms with van der Waals surface area (Å²) in [5.74, 6) is 1.45. The van der Waals surface area contributed by atoms with Crippen molar-refractivity contribution in [1.29, 1.82) is 0 Å². The van der Waals surface area contributed by atoms with Gasteiger partial charge in [-0.2, -0.15) is 0 Å². The molecule has 4 atom stereocenters. The molecule has 0 radical (unpaired) electrons. The van der Waals surface area contributed by atoms with Crippen LogP contribution in [0.3, 0.4) is 0 Å². The van der Waals surface area contributed by atoms with Gasteiger partial charge in [-0.1, -0.05) is 44.2 Å². The summed E-state index contributed by atoms with van der Waals surface area (Å²) >= 11 is 0. The average Bonchev–Trinajstić information content (AvgIpc) is 2.76. The predicted octanol–water partition coefficient (Wildman–Crippen LogP) is 2.62. The van der Waals surface area contributed by atoms with Crippen molar-refractivity contribution in [2.24, 2.45) is 17.3 Å². The first-order valence-electron chi connectivity index (χ1n) is 7.40. The van der Waals surface area contributed by atoms with Gasteiger partial charge in [0.25, 0.3) is 0 Å². The lowest BCUT2D eigenvalue weighted by molar-refractivity contribution is -0.199. The van der Waals surface area contributed by atoms with Gasteiger partial charge in [0.15, 0.2) is 0 Å². The summed E-state index contributed by atoms with van der Waals surface area (Å²) in [5.41, 5.74) is 1.46. The summed E-state index contributed by atoms with van der Waals surface area (Å²) in [7, 11) is -0.175. The molecule has 1 heterocycles. The van der Waals surface area contributed by atoms with Crippen molar-refractivity contribution < 1.29 is 9.31 Å². The van der Waals surface area contributed by atoms with Crippen molar-refractivity contribution in [2.75, 3.05) is 0 Å². The monoisotopic (exact) mass is 256 g/mol. The van der Waals surface area contributed by atoms with Gasteiger partial charge >= 0.3 is 7.12 Å². The van der Waals surface area contributed by atoms with Gasteiger partial charge in [-0.3, -0.25) is 0 Å². The largest absolute Gasteiger partial charge is 0.494 e. The van der Waals surface area contributed by atoms with E-state index in [2.05, 4.69) is 45.0 Å². The van der Waals surface area contributed by atoms with E-state index in [1.807, 2.05) is 6.07 Å². The van der Waals surface area contributed by atoms with E-state index in [-0.39, 0.29) is 18.8 Å². The number of hydrogen-bond acceptors (Lipinski definition) is 2. The van der Waals surface area contributed by atoms with Gasteiger partial charge in [-0.05, 0) is 42.5 Å². The molecule has 1 aliphatic heterocycles. The fraction of sp³-hybridized carbons (Fsp3) is 0.625. The minimum atomic E-state index is -0.175. The maximum atomic E-state index is 6.40. The van der Waals surface area contributed by atoms with Crippen LogP contribution in [0.4, 0.5) is 0 Å². The van der Waals surface area contributed by atoms with Crippen LogP contribution in [-0.2, 0) is 9.31 Å². The lowest BCUT2D eigenvalue weighted by Crippen LogP contribution is -2.65. The van der Waals surface area contributed by atoms with E-state index in [1.54, 1.807) is 0 Å². The van der Waals surface area contributed by atoms with Gasteiger partial charge in [-0.25, -0.2) is 0 Å². The highest BCUT2D eigenvalue weighted by Gasteiger charge is 2.67. The second-order valence-electron chi connectivity index (χ2n) is 7.21. The molecule has 3 saturated carbocycles. The highest BCUT2D eigenvalue weighted by atomic mass is 16.7. The summed E-state index contributed by atoms with van der Waals surface area (Å²) in [6, 6.07) is 10.3. The lowest BCUT2D eigenvalue weighted by Gasteiger charge is -2.64. The first kappa shape index (κ1) is 12.0. The second kappa shape index (κ2) is 3.65. The quantitative estimate of drug-likeness (QED) is 0.719. The second-order valence-corrected chi connectivity index (χ2v) is 7.21. The summed E-state index contributed by atoms with van der Waals surface area (Å²) in [6.45, 7) is 7.06. The zero-order valence-electron chi connectivity index (χ0n) is 11.9. The maximum Gasteiger partial charge on any atom is 0.494 e. The normalized spacial score (nSPS) is 42.7. The van der Waals surface area contributed by atoms with Gasteiger partial charge in [0.05, 0.1) is 11.7 Å². The molecule has 1 saturated heterocycles. The lowest BCUT2D eigenvalue weighted by atomic mass is 9.43. The Bertz CT molecular complexity index is 501. The smallest absolute Gasteiger partial charge is 0.402 e. The van der Waals surface area contributed by atoms with E-state index in [0.29, 0.717) is 11.3 Å². The van der Waals surface area contributed by atoms with Gasteiger partial charge in [0.2, 0.25) is 0 Å². The Morgan fingerprint density at radius 1 is 1.11 bits per heavy atom. The van der Waals surface area contributed by atoms with E-state index in [9.17, 15) is 0 Å². The zero-order valence-corrected chi connectivity index (χ0v) is 11.9. The van der Waals surface area contributed by atoms with Crippen LogP contribution in [0.5, 0.6) is 0 Å². The molecule has 0 spiro atoms. The Kier molecular flexibility index (Phi) is 2.30. The van der Waals surface area contributed by atoms with Gasteiger partial charge < -0.3 is 9.31 Å². The van der Waals surface area contributed by atoms with Crippen LogP contribution < -0.4 is 5.46 Å². The van der Waals surface area contributed by atoms with Crippen molar-refractivity contribution >= 4 is 12.6 Å². The fourth-order valence-electron chi connectivity index (χ4n) is 4.62. The van der Waals surface area contributed by atoms with Gasteiger partial charge in [0, 0.05) is 0 Å². The highest BCUT2D eigenvalue weighted by Crippen LogP contribution is 2.65. The molecular weight excluding hydrogens is 235 g/mol. The standard InChI is InChI=1S/C16H21BO2/c1-15(2)11-9-13(15)16(3)14(10-11)18-17(19-16)12-7-5-4-6-8-12/h4-8,11,13-14H,9-10H2,1-3H3/t11-,13+,14+,16-/m0/s1. The van der Waals surface area contributed by atoms with Crippen molar-refractivity contribution in [3.05, 3.63) is 30.3 Å². The summed E-state index contributed by atoms with van der Waals surface area (Å²) < 4.78 is 12.6. The Labute approximate surface area is 115 Å². The molecule has 100 valence electrons. The topological polar surface area (TPSA) is 18.5 Å². The molecule has 0 N–H and O–H groups in total. The SMILES string of the molecule is CC1(C)[C@H]2C[C@H]1[C@]1(C)OB(c3ccccc3)O[C@@H]1C2. The molecule has 0 amide bonds. The third-order valence-corrected chi connectivity index (χ3v) is 6.02. The molecular formula is C16H21BO2. The summed E-state index contributed by atoms with van der Waals surface area (Å²) in [6.07, 6.45) is 2.74. The molecule has 1 aromatic carbocycles. The molecule has 3 aliphatic carbocycles. The molecule has 1 aromatic rings. The summed E-state index contributed by atoms with van der Waals surface area (Å²) in [5, 5.41) is 0. The van der Waals surface area contributed by atoms with E-state index < -0.39 is 0 Å². The Hall–Kier alpha value is -0.795. The number of hydrogen-bond donors (Lipinski definition) is 0. The maximum absolute atomic E-state index is 6.40. The molecule has 2 nitrogen and oxygen atoms in total. The predicted molar refractivity (Wildman–Crippen MR) is 76.2 cm³/mol. The molecule has 19 heavy (non-hydrogen) atoms. The zero-order chi connectivity index (χ0) is 13.3. The van der Waals surface area contributed by atoms with Crippen molar-refractivity contribution in [3.8, 4) is 0 Å². The van der Waals surface area contributed by atoms with Crippen LogP contribution in [-0.4, -0.2) is 18.8 Å². The minimum Gasteiger partial charge on any atom is -0.402 e. The number of rotatable bonds is 1. The highest BCUT2D eigenvalue weighted by molar-refractivity contribution is 6.62. The molecule has 3 heteroatoms. The third-order valence-electron chi connectivity index (χ3n) is 6.02. The van der Waals surface area contributed by atoms with Crippen LogP contribution in [0, 0.1) is 17.3 Å². The number of benzene rings is 1. The first-order chi connectivity index (χ1) is 9.02. The van der Waals surface area contributed by atoms with Gasteiger partial charge in [-0.15, -0.1) is 0 Å². The van der Waals surface area contributed by atoms with Crippen LogP contribution in [0.15, 0.2) is 30.3 Å². The third kappa shape index (κ3) is 1.46. The van der Waals surface area contributed by atoms with Crippen molar-refractivity contribution in [1.82, 2.24) is 0 Å². The van der Waals surface area contributed by atoms with E-state index in [1.165, 1.54) is 6.42 Å².